The second kappa shape index (κ2) is 6.49. The van der Waals surface area contributed by atoms with E-state index in [1.165, 1.54) is 18.4 Å². The summed E-state index contributed by atoms with van der Waals surface area (Å²) in [4.78, 5) is 12.2. The summed E-state index contributed by atoms with van der Waals surface area (Å²) < 4.78 is 1.08. The Kier molecular flexibility index (Phi) is 4.65. The topological polar surface area (TPSA) is 41.1 Å². The Labute approximate surface area is 135 Å². The maximum Gasteiger partial charge on any atom is 0.220 e. The predicted octanol–water partition coefficient (Wildman–Crippen LogP) is 3.33. The summed E-state index contributed by atoms with van der Waals surface area (Å²) in [5.41, 5.74) is 1.16. The van der Waals surface area contributed by atoms with Gasteiger partial charge in [-0.2, -0.15) is 0 Å². The van der Waals surface area contributed by atoms with Crippen LogP contribution in [0.15, 0.2) is 28.7 Å². The minimum atomic E-state index is -0.0775. The van der Waals surface area contributed by atoms with E-state index in [0.717, 1.165) is 42.7 Å². The maximum atomic E-state index is 12.2. The third-order valence-corrected chi connectivity index (χ3v) is 5.29. The van der Waals surface area contributed by atoms with Gasteiger partial charge < -0.3 is 10.6 Å². The zero-order valence-corrected chi connectivity index (χ0v) is 13.9. The second-order valence-electron chi connectivity index (χ2n) is 6.37. The summed E-state index contributed by atoms with van der Waals surface area (Å²) in [5, 5.41) is 6.65. The average Bonchev–Trinajstić information content (AvgIpc) is 3.27. The average molecular weight is 351 g/mol. The molecule has 0 aromatic heterocycles. The van der Waals surface area contributed by atoms with Crippen LogP contribution in [0.4, 0.5) is 0 Å². The van der Waals surface area contributed by atoms with Crippen molar-refractivity contribution in [3.05, 3.63) is 34.3 Å². The molecule has 1 saturated carbocycles. The molecule has 1 aliphatic carbocycles. The second-order valence-corrected chi connectivity index (χ2v) is 7.28. The number of carbonyl (C=O) groups is 1. The number of piperidine rings is 1. The van der Waals surface area contributed by atoms with Gasteiger partial charge in [0, 0.05) is 10.9 Å². The molecule has 2 aliphatic rings. The number of nitrogens with one attached hydrogen (secondary N) is 2. The van der Waals surface area contributed by atoms with Crippen molar-refractivity contribution in [2.45, 2.75) is 44.1 Å². The number of hydrogen-bond donors (Lipinski definition) is 2. The molecule has 1 aromatic carbocycles. The fraction of sp³-hybridized carbons (Fsp3) is 0.588. The molecule has 3 nitrogen and oxygen atoms in total. The van der Waals surface area contributed by atoms with Gasteiger partial charge in [-0.15, -0.1) is 0 Å². The first-order valence-corrected chi connectivity index (χ1v) is 8.75. The van der Waals surface area contributed by atoms with Crippen LogP contribution in [-0.2, 0) is 10.3 Å². The van der Waals surface area contributed by atoms with Crippen molar-refractivity contribution in [2.24, 2.45) is 5.92 Å². The monoisotopic (exact) mass is 350 g/mol. The number of carbonyl (C=O) groups excluding carboxylic acids is 1. The van der Waals surface area contributed by atoms with E-state index in [2.05, 4.69) is 50.8 Å². The van der Waals surface area contributed by atoms with Crippen LogP contribution in [-0.4, -0.2) is 19.0 Å². The molecule has 0 atom stereocenters. The molecule has 0 bridgehead atoms. The van der Waals surface area contributed by atoms with E-state index in [1.54, 1.807) is 0 Å². The highest BCUT2D eigenvalue weighted by Crippen LogP contribution is 2.45. The van der Waals surface area contributed by atoms with E-state index in [1.807, 2.05) is 0 Å². The van der Waals surface area contributed by atoms with Crippen molar-refractivity contribution in [1.29, 1.82) is 0 Å². The fourth-order valence-corrected chi connectivity index (χ4v) is 3.48. The van der Waals surface area contributed by atoms with Gasteiger partial charge in [0.25, 0.3) is 0 Å². The van der Waals surface area contributed by atoms with Crippen LogP contribution in [0.25, 0.3) is 0 Å². The van der Waals surface area contributed by atoms with Crippen molar-refractivity contribution in [3.8, 4) is 0 Å². The van der Waals surface area contributed by atoms with Gasteiger partial charge in [-0.3, -0.25) is 4.79 Å². The molecule has 0 unspecified atom stereocenters. The number of amides is 1. The molecule has 114 valence electrons. The van der Waals surface area contributed by atoms with Gasteiger partial charge in [-0.1, -0.05) is 28.1 Å². The Morgan fingerprint density at radius 1 is 1.24 bits per heavy atom. The highest BCUT2D eigenvalue weighted by atomic mass is 79.9. The highest BCUT2D eigenvalue weighted by Gasteiger charge is 2.45. The van der Waals surface area contributed by atoms with Crippen LogP contribution in [0, 0.1) is 5.92 Å². The normalized spacial score (nSPS) is 21.0. The minimum Gasteiger partial charge on any atom is -0.347 e. The summed E-state index contributed by atoms with van der Waals surface area (Å²) in [7, 11) is 0. The number of halogens is 1. The Hall–Kier alpha value is -0.870. The first-order valence-electron chi connectivity index (χ1n) is 7.96. The van der Waals surface area contributed by atoms with Crippen molar-refractivity contribution >= 4 is 21.8 Å². The van der Waals surface area contributed by atoms with Gasteiger partial charge in [0.15, 0.2) is 0 Å². The number of rotatable bonds is 5. The lowest BCUT2D eigenvalue weighted by Crippen LogP contribution is -2.35. The number of hydrogen-bond acceptors (Lipinski definition) is 2. The summed E-state index contributed by atoms with van der Waals surface area (Å²) in [6, 6.07) is 8.33. The van der Waals surface area contributed by atoms with Gasteiger partial charge in [0.2, 0.25) is 5.91 Å². The van der Waals surface area contributed by atoms with Crippen LogP contribution >= 0.6 is 15.9 Å². The van der Waals surface area contributed by atoms with Crippen LogP contribution < -0.4 is 10.6 Å². The van der Waals surface area contributed by atoms with E-state index in [0.29, 0.717) is 6.42 Å². The van der Waals surface area contributed by atoms with Gasteiger partial charge in [-0.25, -0.2) is 0 Å². The molecular weight excluding hydrogens is 328 g/mol. The molecule has 21 heavy (non-hydrogen) atoms. The molecule has 4 heteroatoms. The molecule has 1 amide bonds. The summed E-state index contributed by atoms with van der Waals surface area (Å²) >= 11 is 3.46. The SMILES string of the molecule is O=C(CCC1CCNCC1)NC1(c2ccc(Br)cc2)CC1. The summed E-state index contributed by atoms with van der Waals surface area (Å²) in [5.74, 6) is 0.939. The van der Waals surface area contributed by atoms with E-state index in [-0.39, 0.29) is 11.4 Å². The predicted molar refractivity (Wildman–Crippen MR) is 88.0 cm³/mol. The lowest BCUT2D eigenvalue weighted by molar-refractivity contribution is -0.122. The molecule has 0 radical (unpaired) electrons. The third kappa shape index (κ3) is 3.86. The maximum absolute atomic E-state index is 12.2. The molecule has 1 aliphatic heterocycles. The lowest BCUT2D eigenvalue weighted by Gasteiger charge is -2.23. The van der Waals surface area contributed by atoms with Crippen LogP contribution in [0.5, 0.6) is 0 Å². The van der Waals surface area contributed by atoms with Crippen molar-refractivity contribution in [2.75, 3.05) is 13.1 Å². The van der Waals surface area contributed by atoms with E-state index < -0.39 is 0 Å². The van der Waals surface area contributed by atoms with Gasteiger partial charge >= 0.3 is 0 Å². The van der Waals surface area contributed by atoms with Crippen molar-refractivity contribution < 1.29 is 4.79 Å². The molecule has 1 aromatic rings. The third-order valence-electron chi connectivity index (χ3n) is 4.76. The molecule has 1 heterocycles. The minimum absolute atomic E-state index is 0.0775. The van der Waals surface area contributed by atoms with E-state index in [4.69, 9.17) is 0 Å². The molecular formula is C17H23BrN2O. The van der Waals surface area contributed by atoms with Gasteiger partial charge in [0.05, 0.1) is 5.54 Å². The van der Waals surface area contributed by atoms with Crippen LogP contribution in [0.1, 0.15) is 44.1 Å². The number of benzene rings is 1. The molecule has 2 fully saturated rings. The fourth-order valence-electron chi connectivity index (χ4n) is 3.21. The largest absolute Gasteiger partial charge is 0.347 e. The summed E-state index contributed by atoms with van der Waals surface area (Å²) in [6.45, 7) is 2.21. The quantitative estimate of drug-likeness (QED) is 0.854. The molecule has 0 spiro atoms. The molecule has 1 saturated heterocycles. The van der Waals surface area contributed by atoms with E-state index in [9.17, 15) is 4.79 Å². The zero-order valence-electron chi connectivity index (χ0n) is 12.3. The Balaban J connectivity index is 1.51. The van der Waals surface area contributed by atoms with Gasteiger partial charge in [0.1, 0.15) is 0 Å². The smallest absolute Gasteiger partial charge is 0.220 e. The lowest BCUT2D eigenvalue weighted by atomic mass is 9.93. The Bertz CT molecular complexity index is 490. The first kappa shape index (κ1) is 15.0. The van der Waals surface area contributed by atoms with Gasteiger partial charge in [-0.05, 0) is 68.8 Å². The van der Waals surface area contributed by atoms with E-state index >= 15 is 0 Å². The molecule has 2 N–H and O–H groups in total. The summed E-state index contributed by atoms with van der Waals surface area (Å²) in [6.07, 6.45) is 6.25. The van der Waals surface area contributed by atoms with Crippen molar-refractivity contribution in [1.82, 2.24) is 10.6 Å². The molecule has 3 rings (SSSR count). The Morgan fingerprint density at radius 3 is 2.52 bits per heavy atom. The zero-order chi connectivity index (χ0) is 14.7. The Morgan fingerprint density at radius 2 is 1.90 bits per heavy atom. The van der Waals surface area contributed by atoms with Crippen LogP contribution in [0.3, 0.4) is 0 Å². The standard InChI is InChI=1S/C17H23BrN2O/c18-15-4-2-14(3-5-15)17(9-10-17)20-16(21)6-1-13-7-11-19-12-8-13/h2-5,13,19H,1,6-12H2,(H,20,21). The van der Waals surface area contributed by atoms with Crippen molar-refractivity contribution in [3.63, 3.8) is 0 Å². The first-order chi connectivity index (χ1) is 10.2. The highest BCUT2D eigenvalue weighted by molar-refractivity contribution is 9.10. The van der Waals surface area contributed by atoms with Crippen LogP contribution in [0.2, 0.25) is 0 Å².